The van der Waals surface area contributed by atoms with Gasteiger partial charge in [0.2, 0.25) is 21.9 Å². The highest BCUT2D eigenvalue weighted by Gasteiger charge is 2.48. The molecule has 1 amide bonds. The number of carbonyl (C=O) groups is 1. The molecule has 2 saturated carbocycles. The van der Waals surface area contributed by atoms with Gasteiger partial charge in [-0.2, -0.15) is 0 Å². The molecule has 2 heterocycles. The SMILES string of the molecule is CC(C)c1nc(N(C)S(C)(=O)=O)nc(-c2ccc(F)cc2)c1/C=C/[C@H](O)C[C@@H](O)CC(=O)N(C1=NC(C)C(C)C1)C(C1CC1)C1CC1. The second-order valence-electron chi connectivity index (χ2n) is 14.0. The summed E-state index contributed by atoms with van der Waals surface area (Å²) < 4.78 is 39.5. The van der Waals surface area contributed by atoms with Crippen molar-refractivity contribution in [1.29, 1.82) is 0 Å². The van der Waals surface area contributed by atoms with E-state index >= 15 is 0 Å². The fourth-order valence-electron chi connectivity index (χ4n) is 6.34. The van der Waals surface area contributed by atoms with Gasteiger partial charge < -0.3 is 10.2 Å². The van der Waals surface area contributed by atoms with Crippen LogP contribution in [0.4, 0.5) is 10.3 Å². The standard InChI is InChI=1S/C35H48FN5O5S/c1-20(2)32-29(33(23-11-13-26(36)14-12-23)39-35(38-32)40(5)47(6,45)46)16-15-27(42)18-28(43)19-31(44)41(30-17-21(3)22(4)37-30)34(24-7-8-24)25-9-10-25/h11-16,20-22,24-25,27-28,34,42-43H,7-10,17-19H2,1-6H3/b16-15+/t21?,22?,27-,28+/m0/s1. The highest BCUT2D eigenvalue weighted by atomic mass is 32.2. The fourth-order valence-corrected chi connectivity index (χ4v) is 6.72. The molecule has 2 N–H and O–H groups in total. The van der Waals surface area contributed by atoms with Crippen molar-refractivity contribution in [2.45, 2.75) is 103 Å². The molecule has 2 aromatic rings. The summed E-state index contributed by atoms with van der Waals surface area (Å²) in [6.07, 6.45) is 7.07. The molecule has 0 saturated heterocycles. The Kier molecular flexibility index (Phi) is 10.5. The van der Waals surface area contributed by atoms with E-state index in [0.29, 0.717) is 40.3 Å². The van der Waals surface area contributed by atoms with E-state index in [0.717, 1.165) is 48.5 Å². The highest BCUT2D eigenvalue weighted by Crippen LogP contribution is 2.48. The molecule has 10 nitrogen and oxygen atoms in total. The zero-order valence-corrected chi connectivity index (χ0v) is 29.0. The maximum atomic E-state index is 13.8. The van der Waals surface area contributed by atoms with Crippen molar-refractivity contribution in [3.63, 3.8) is 0 Å². The third kappa shape index (κ3) is 8.45. The summed E-state index contributed by atoms with van der Waals surface area (Å²) in [5, 5.41) is 22.1. The summed E-state index contributed by atoms with van der Waals surface area (Å²) in [5.74, 6) is 1.41. The third-order valence-corrected chi connectivity index (χ3v) is 10.7. The van der Waals surface area contributed by atoms with Crippen LogP contribution in [-0.4, -0.2) is 82.8 Å². The van der Waals surface area contributed by atoms with Crippen LogP contribution in [-0.2, 0) is 14.8 Å². The molecule has 3 aliphatic rings. The van der Waals surface area contributed by atoms with Crippen LogP contribution in [0, 0.1) is 23.6 Å². The first kappa shape index (κ1) is 35.1. The van der Waals surface area contributed by atoms with E-state index in [2.05, 4.69) is 23.8 Å². The molecule has 2 unspecified atom stereocenters. The first-order valence-corrected chi connectivity index (χ1v) is 18.5. The number of aliphatic hydroxyl groups excluding tert-OH is 2. The number of benzene rings is 1. The van der Waals surface area contributed by atoms with Crippen molar-refractivity contribution in [1.82, 2.24) is 14.9 Å². The molecule has 1 aromatic heterocycles. The number of halogens is 1. The van der Waals surface area contributed by atoms with Gasteiger partial charge in [0, 0.05) is 37.1 Å². The Morgan fingerprint density at radius 3 is 2.19 bits per heavy atom. The van der Waals surface area contributed by atoms with Crippen LogP contribution < -0.4 is 4.31 Å². The van der Waals surface area contributed by atoms with E-state index in [9.17, 15) is 27.8 Å². The lowest BCUT2D eigenvalue weighted by atomic mass is 9.97. The quantitative estimate of drug-likeness (QED) is 0.301. The second-order valence-corrected chi connectivity index (χ2v) is 16.0. The van der Waals surface area contributed by atoms with E-state index in [4.69, 9.17) is 4.99 Å². The minimum Gasteiger partial charge on any atom is -0.392 e. The van der Waals surface area contributed by atoms with Gasteiger partial charge in [-0.15, -0.1) is 0 Å². The predicted molar refractivity (Wildman–Crippen MR) is 182 cm³/mol. The van der Waals surface area contributed by atoms with Gasteiger partial charge in [0.15, 0.2) is 0 Å². The van der Waals surface area contributed by atoms with Gasteiger partial charge in [-0.3, -0.25) is 14.7 Å². The van der Waals surface area contributed by atoms with Crippen LogP contribution in [0.3, 0.4) is 0 Å². The number of hydrogen-bond acceptors (Lipinski definition) is 8. The van der Waals surface area contributed by atoms with Crippen LogP contribution in [0.1, 0.15) is 89.8 Å². The van der Waals surface area contributed by atoms with Crippen LogP contribution in [0.15, 0.2) is 35.3 Å². The average Bonchev–Trinajstić information content (AvgIpc) is 3.93. The van der Waals surface area contributed by atoms with Gasteiger partial charge in [-0.05, 0) is 80.5 Å². The zero-order valence-electron chi connectivity index (χ0n) is 28.2. The zero-order chi connectivity index (χ0) is 34.2. The molecule has 0 bridgehead atoms. The summed E-state index contributed by atoms with van der Waals surface area (Å²) in [6.45, 7) is 8.04. The largest absolute Gasteiger partial charge is 0.392 e. The lowest BCUT2D eigenvalue weighted by molar-refractivity contribution is -0.132. The minimum atomic E-state index is -3.67. The van der Waals surface area contributed by atoms with Gasteiger partial charge in [0.1, 0.15) is 11.7 Å². The molecule has 0 radical (unpaired) electrons. The molecule has 256 valence electrons. The Labute approximate surface area is 277 Å². The summed E-state index contributed by atoms with van der Waals surface area (Å²) in [6, 6.07) is 5.97. The summed E-state index contributed by atoms with van der Waals surface area (Å²) in [5.41, 5.74) is 1.98. The number of carbonyl (C=O) groups excluding carboxylic acids is 1. The fraction of sp³-hybridized carbons (Fsp3) is 0.600. The molecule has 12 heteroatoms. The van der Waals surface area contributed by atoms with Crippen molar-refractivity contribution >= 4 is 33.8 Å². The maximum Gasteiger partial charge on any atom is 0.239 e. The summed E-state index contributed by atoms with van der Waals surface area (Å²) in [7, 11) is -2.30. The van der Waals surface area contributed by atoms with Gasteiger partial charge in [-0.25, -0.2) is 27.1 Å². The number of sulfonamides is 1. The maximum absolute atomic E-state index is 13.8. The molecule has 5 rings (SSSR count). The number of rotatable bonds is 13. The number of aliphatic imine (C=N–C) groups is 1. The Balaban J connectivity index is 1.37. The molecule has 47 heavy (non-hydrogen) atoms. The van der Waals surface area contributed by atoms with Crippen LogP contribution in [0.5, 0.6) is 0 Å². The van der Waals surface area contributed by atoms with Crippen molar-refractivity contribution in [3.8, 4) is 11.3 Å². The monoisotopic (exact) mass is 669 g/mol. The van der Waals surface area contributed by atoms with Crippen molar-refractivity contribution < 1.29 is 27.8 Å². The Bertz CT molecular complexity index is 1610. The van der Waals surface area contributed by atoms with Gasteiger partial charge in [0.25, 0.3) is 0 Å². The highest BCUT2D eigenvalue weighted by molar-refractivity contribution is 7.92. The number of aliphatic hydroxyl groups is 2. The number of amidine groups is 1. The lowest BCUT2D eigenvalue weighted by Crippen LogP contribution is -2.47. The number of hydrogen-bond donors (Lipinski definition) is 2. The number of anilines is 1. The molecule has 0 spiro atoms. The van der Waals surface area contributed by atoms with Gasteiger partial charge in [-0.1, -0.05) is 32.9 Å². The Morgan fingerprint density at radius 2 is 1.68 bits per heavy atom. The first-order chi connectivity index (χ1) is 22.1. The van der Waals surface area contributed by atoms with Gasteiger partial charge >= 0.3 is 0 Å². The molecule has 2 fully saturated rings. The molecule has 1 aromatic carbocycles. The van der Waals surface area contributed by atoms with Crippen molar-refractivity contribution in [2.75, 3.05) is 17.6 Å². The summed E-state index contributed by atoms with van der Waals surface area (Å²) >= 11 is 0. The smallest absolute Gasteiger partial charge is 0.239 e. The van der Waals surface area contributed by atoms with Crippen molar-refractivity contribution in [3.05, 3.63) is 47.4 Å². The topological polar surface area (TPSA) is 136 Å². The molecule has 2 aliphatic carbocycles. The van der Waals surface area contributed by atoms with Crippen LogP contribution in [0.2, 0.25) is 0 Å². The van der Waals surface area contributed by atoms with E-state index in [-0.39, 0.29) is 42.7 Å². The first-order valence-electron chi connectivity index (χ1n) is 16.7. The average molecular weight is 670 g/mol. The van der Waals surface area contributed by atoms with E-state index < -0.39 is 28.0 Å². The molecule has 4 atom stereocenters. The van der Waals surface area contributed by atoms with Gasteiger partial charge in [0.05, 0.1) is 42.3 Å². The number of nitrogens with zero attached hydrogens (tertiary/aromatic N) is 5. The van der Waals surface area contributed by atoms with Crippen LogP contribution in [0.25, 0.3) is 17.3 Å². The predicted octanol–water partition coefficient (Wildman–Crippen LogP) is 5.16. The van der Waals surface area contributed by atoms with E-state index in [1.54, 1.807) is 18.2 Å². The van der Waals surface area contributed by atoms with Crippen LogP contribution >= 0.6 is 0 Å². The normalized spacial score (nSPS) is 21.4. The third-order valence-electron chi connectivity index (χ3n) is 9.55. The number of amides is 1. The lowest BCUT2D eigenvalue weighted by Gasteiger charge is -2.33. The Morgan fingerprint density at radius 1 is 1.06 bits per heavy atom. The summed E-state index contributed by atoms with van der Waals surface area (Å²) in [4.78, 5) is 29.7. The molecular weight excluding hydrogens is 621 g/mol. The van der Waals surface area contributed by atoms with E-state index in [1.165, 1.54) is 25.3 Å². The minimum absolute atomic E-state index is 0.0296. The Hall–Kier alpha value is -3.22. The molecule has 1 aliphatic heterocycles. The molecular formula is C35H48FN5O5S. The van der Waals surface area contributed by atoms with Crippen molar-refractivity contribution in [2.24, 2.45) is 22.7 Å². The second kappa shape index (κ2) is 14.1. The number of aromatic nitrogens is 2. The van der Waals surface area contributed by atoms with E-state index in [1.807, 2.05) is 18.7 Å².